The van der Waals surface area contributed by atoms with Crippen LogP contribution in [0, 0.1) is 5.92 Å². The van der Waals surface area contributed by atoms with Gasteiger partial charge in [-0.2, -0.15) is 0 Å². The molecule has 0 aromatic heterocycles. The monoisotopic (exact) mass is 356 g/mol. The molecule has 0 heterocycles. The maximum absolute atomic E-state index is 11.4. The van der Waals surface area contributed by atoms with Gasteiger partial charge in [0.1, 0.15) is 5.75 Å². The molecule has 0 aliphatic heterocycles. The number of carbonyl (C=O) groups is 1. The molecule has 5 heteroatoms. The minimum Gasteiger partial charge on any atom is -0.493 e. The fourth-order valence-corrected chi connectivity index (χ4v) is 2.27. The van der Waals surface area contributed by atoms with Crippen LogP contribution in [-0.4, -0.2) is 25.6 Å². The van der Waals surface area contributed by atoms with Crippen LogP contribution in [-0.2, 0) is 11.3 Å². The van der Waals surface area contributed by atoms with Gasteiger partial charge in [0.25, 0.3) is 0 Å². The Morgan fingerprint density at radius 1 is 1.38 bits per heavy atom. The molecule has 1 amide bonds. The van der Waals surface area contributed by atoms with E-state index in [1.807, 2.05) is 19.1 Å². The number of benzene rings is 1. The molecule has 0 fully saturated rings. The Morgan fingerprint density at radius 2 is 2.14 bits per heavy atom. The summed E-state index contributed by atoms with van der Waals surface area (Å²) in [6.07, 6.45) is 0.378. The van der Waals surface area contributed by atoms with Crippen molar-refractivity contribution < 1.29 is 9.53 Å². The third-order valence-electron chi connectivity index (χ3n) is 2.85. The highest BCUT2D eigenvalue weighted by atomic mass is 79.9. The van der Waals surface area contributed by atoms with E-state index in [0.29, 0.717) is 25.5 Å². The lowest BCUT2D eigenvalue weighted by atomic mass is 10.2. The van der Waals surface area contributed by atoms with Gasteiger partial charge in [-0.1, -0.05) is 29.8 Å². The molecule has 0 spiro atoms. The van der Waals surface area contributed by atoms with Crippen molar-refractivity contribution in [2.45, 2.75) is 33.7 Å². The summed E-state index contributed by atoms with van der Waals surface area (Å²) in [6, 6.07) is 5.94. The van der Waals surface area contributed by atoms with E-state index in [-0.39, 0.29) is 5.91 Å². The van der Waals surface area contributed by atoms with Crippen molar-refractivity contribution >= 4 is 21.8 Å². The highest BCUT2D eigenvalue weighted by molar-refractivity contribution is 9.10. The fraction of sp³-hybridized carbons (Fsp3) is 0.562. The molecule has 2 N–H and O–H groups in total. The summed E-state index contributed by atoms with van der Waals surface area (Å²) in [5.74, 6) is 1.46. The number of carbonyl (C=O) groups excluding carboxylic acids is 1. The van der Waals surface area contributed by atoms with E-state index >= 15 is 0 Å². The zero-order valence-corrected chi connectivity index (χ0v) is 14.6. The molecule has 0 saturated heterocycles. The van der Waals surface area contributed by atoms with Crippen molar-refractivity contribution in [3.8, 4) is 5.75 Å². The molecule has 0 aliphatic rings. The molecule has 1 aromatic rings. The summed E-state index contributed by atoms with van der Waals surface area (Å²) in [4.78, 5) is 11.4. The third kappa shape index (κ3) is 7.48. The predicted octanol–water partition coefficient (Wildman–Crippen LogP) is 3.10. The maximum Gasteiger partial charge on any atom is 0.223 e. The van der Waals surface area contributed by atoms with Crippen LogP contribution in [0.3, 0.4) is 0 Å². The molecular weight excluding hydrogens is 332 g/mol. The molecule has 118 valence electrons. The molecule has 0 bridgehead atoms. The first-order valence-corrected chi connectivity index (χ1v) is 8.20. The van der Waals surface area contributed by atoms with Gasteiger partial charge < -0.3 is 15.4 Å². The second-order valence-corrected chi connectivity index (χ2v) is 6.24. The van der Waals surface area contributed by atoms with Gasteiger partial charge in [0.05, 0.1) is 13.0 Å². The molecule has 4 nitrogen and oxygen atoms in total. The molecule has 0 saturated carbocycles. The Bertz CT molecular complexity index is 450. The first-order valence-electron chi connectivity index (χ1n) is 7.41. The number of amides is 1. The van der Waals surface area contributed by atoms with Crippen molar-refractivity contribution in [2.75, 3.05) is 19.7 Å². The summed E-state index contributed by atoms with van der Waals surface area (Å²) >= 11 is 3.48. The summed E-state index contributed by atoms with van der Waals surface area (Å²) in [7, 11) is 0. The third-order valence-corrected chi connectivity index (χ3v) is 3.34. The Balaban J connectivity index is 2.53. The summed E-state index contributed by atoms with van der Waals surface area (Å²) < 4.78 is 6.77. The van der Waals surface area contributed by atoms with Gasteiger partial charge in [-0.3, -0.25) is 4.79 Å². The Hall–Kier alpha value is -1.07. The van der Waals surface area contributed by atoms with Crippen LogP contribution in [0.15, 0.2) is 22.7 Å². The van der Waals surface area contributed by atoms with E-state index in [0.717, 1.165) is 28.9 Å². The van der Waals surface area contributed by atoms with Gasteiger partial charge >= 0.3 is 0 Å². The molecule has 0 radical (unpaired) electrons. The topological polar surface area (TPSA) is 50.4 Å². The van der Waals surface area contributed by atoms with Gasteiger partial charge in [0.15, 0.2) is 0 Å². The van der Waals surface area contributed by atoms with Gasteiger partial charge in [-0.15, -0.1) is 0 Å². The lowest BCUT2D eigenvalue weighted by molar-refractivity contribution is -0.121. The van der Waals surface area contributed by atoms with Crippen LogP contribution < -0.4 is 15.4 Å². The van der Waals surface area contributed by atoms with Crippen LogP contribution in [0.25, 0.3) is 0 Å². The average molecular weight is 357 g/mol. The van der Waals surface area contributed by atoms with Crippen molar-refractivity contribution in [1.29, 1.82) is 0 Å². The summed E-state index contributed by atoms with van der Waals surface area (Å²) in [5.41, 5.74) is 1.10. The van der Waals surface area contributed by atoms with E-state index in [4.69, 9.17) is 4.74 Å². The fourth-order valence-electron chi connectivity index (χ4n) is 1.86. The maximum atomic E-state index is 11.4. The first kappa shape index (κ1) is 18.0. The molecule has 1 aromatic carbocycles. The van der Waals surface area contributed by atoms with E-state index in [1.165, 1.54) is 0 Å². The number of hydrogen-bond acceptors (Lipinski definition) is 3. The van der Waals surface area contributed by atoms with Crippen LogP contribution >= 0.6 is 15.9 Å². The Labute approximate surface area is 135 Å². The van der Waals surface area contributed by atoms with Crippen molar-refractivity contribution in [3.05, 3.63) is 28.2 Å². The number of nitrogens with one attached hydrogen (secondary N) is 2. The Kier molecular flexibility index (Phi) is 8.38. The molecule has 0 aliphatic carbocycles. The minimum atomic E-state index is 0.0223. The SMILES string of the molecule is CCNC(=O)CCOc1ccc(Br)cc1CNCC(C)C. The van der Waals surface area contributed by atoms with Gasteiger partial charge in [-0.05, 0) is 37.6 Å². The summed E-state index contributed by atoms with van der Waals surface area (Å²) in [5, 5.41) is 6.17. The smallest absolute Gasteiger partial charge is 0.223 e. The average Bonchev–Trinajstić information content (AvgIpc) is 2.41. The van der Waals surface area contributed by atoms with Crippen molar-refractivity contribution in [3.63, 3.8) is 0 Å². The standard InChI is InChI=1S/C16H25BrN2O2/c1-4-19-16(20)7-8-21-15-6-5-14(17)9-13(15)11-18-10-12(2)3/h5-6,9,12,18H,4,7-8,10-11H2,1-3H3,(H,19,20). The van der Waals surface area contributed by atoms with E-state index < -0.39 is 0 Å². The number of ether oxygens (including phenoxy) is 1. The highest BCUT2D eigenvalue weighted by Gasteiger charge is 2.06. The van der Waals surface area contributed by atoms with Crippen LogP contribution in [0.4, 0.5) is 0 Å². The predicted molar refractivity (Wildman–Crippen MR) is 89.5 cm³/mol. The molecule has 0 unspecified atom stereocenters. The lowest BCUT2D eigenvalue weighted by Crippen LogP contribution is -2.24. The second kappa shape index (κ2) is 9.79. The minimum absolute atomic E-state index is 0.0223. The van der Waals surface area contributed by atoms with Crippen LogP contribution in [0.1, 0.15) is 32.8 Å². The van der Waals surface area contributed by atoms with Gasteiger partial charge in [-0.25, -0.2) is 0 Å². The number of hydrogen-bond donors (Lipinski definition) is 2. The molecular formula is C16H25BrN2O2. The normalized spacial score (nSPS) is 10.7. The van der Waals surface area contributed by atoms with Crippen molar-refractivity contribution in [2.24, 2.45) is 5.92 Å². The molecule has 0 atom stereocenters. The van der Waals surface area contributed by atoms with Gasteiger partial charge in [0, 0.05) is 23.1 Å². The van der Waals surface area contributed by atoms with Crippen LogP contribution in [0.5, 0.6) is 5.75 Å². The zero-order valence-electron chi connectivity index (χ0n) is 13.0. The quantitative estimate of drug-likeness (QED) is 0.714. The largest absolute Gasteiger partial charge is 0.493 e. The highest BCUT2D eigenvalue weighted by Crippen LogP contribution is 2.23. The lowest BCUT2D eigenvalue weighted by Gasteiger charge is -2.13. The molecule has 21 heavy (non-hydrogen) atoms. The zero-order chi connectivity index (χ0) is 15.7. The molecule has 1 rings (SSSR count). The number of rotatable bonds is 9. The van der Waals surface area contributed by atoms with E-state index in [9.17, 15) is 4.79 Å². The van der Waals surface area contributed by atoms with E-state index in [2.05, 4.69) is 46.5 Å². The van der Waals surface area contributed by atoms with E-state index in [1.54, 1.807) is 0 Å². The van der Waals surface area contributed by atoms with Gasteiger partial charge in [0.2, 0.25) is 5.91 Å². The Morgan fingerprint density at radius 3 is 2.81 bits per heavy atom. The number of halogens is 1. The van der Waals surface area contributed by atoms with Crippen molar-refractivity contribution in [1.82, 2.24) is 10.6 Å². The second-order valence-electron chi connectivity index (χ2n) is 5.33. The van der Waals surface area contributed by atoms with Crippen LogP contribution in [0.2, 0.25) is 0 Å². The summed E-state index contributed by atoms with van der Waals surface area (Å²) in [6.45, 7) is 9.03. The first-order chi connectivity index (χ1) is 10.0.